The monoisotopic (exact) mass is 506 g/mol. The van der Waals surface area contributed by atoms with Gasteiger partial charge in [-0.05, 0) is 67.9 Å². The van der Waals surface area contributed by atoms with E-state index in [4.69, 9.17) is 4.74 Å². The van der Waals surface area contributed by atoms with Crippen LogP contribution in [0.5, 0.6) is 5.88 Å². The van der Waals surface area contributed by atoms with E-state index in [0.29, 0.717) is 23.9 Å². The quantitative estimate of drug-likeness (QED) is 0.299. The molecule has 2 atom stereocenters. The lowest BCUT2D eigenvalue weighted by Gasteiger charge is -2.16. The van der Waals surface area contributed by atoms with E-state index in [0.717, 1.165) is 52.8 Å². The summed E-state index contributed by atoms with van der Waals surface area (Å²) in [6.07, 6.45) is 4.35. The van der Waals surface area contributed by atoms with Gasteiger partial charge >= 0.3 is 0 Å². The first-order valence-corrected chi connectivity index (χ1v) is 12.9. The van der Waals surface area contributed by atoms with Crippen molar-refractivity contribution in [1.82, 2.24) is 15.2 Å². The molecule has 4 heterocycles. The van der Waals surface area contributed by atoms with Gasteiger partial charge in [-0.2, -0.15) is 0 Å². The summed E-state index contributed by atoms with van der Waals surface area (Å²) in [6.45, 7) is 6.90. The van der Waals surface area contributed by atoms with Crippen molar-refractivity contribution in [3.8, 4) is 16.3 Å². The van der Waals surface area contributed by atoms with Gasteiger partial charge in [-0.1, -0.05) is 6.07 Å². The van der Waals surface area contributed by atoms with Crippen LogP contribution in [0.2, 0.25) is 0 Å². The Balaban J connectivity index is 1.54. The molecule has 35 heavy (non-hydrogen) atoms. The highest BCUT2D eigenvalue weighted by Crippen LogP contribution is 2.40. The van der Waals surface area contributed by atoms with Crippen LogP contribution in [0.3, 0.4) is 0 Å². The third-order valence-electron chi connectivity index (χ3n) is 6.06. The number of pyridine rings is 1. The number of carbonyl (C=O) groups excluding carboxylic acids is 1. The molecule has 5 rings (SSSR count). The molecule has 0 aliphatic carbocycles. The Morgan fingerprint density at radius 1 is 1.29 bits per heavy atom. The minimum absolute atomic E-state index is 0.0512. The van der Waals surface area contributed by atoms with Crippen LogP contribution in [0.15, 0.2) is 57.5 Å². The molecule has 8 nitrogen and oxygen atoms in total. The largest absolute Gasteiger partial charge is 0.480 e. The Morgan fingerprint density at radius 2 is 2.20 bits per heavy atom. The second-order valence-electron chi connectivity index (χ2n) is 8.46. The number of thiophene rings is 1. The highest BCUT2D eigenvalue weighted by atomic mass is 32.2. The van der Waals surface area contributed by atoms with Crippen molar-refractivity contribution in [3.63, 3.8) is 0 Å². The highest BCUT2D eigenvalue weighted by Gasteiger charge is 2.25. The van der Waals surface area contributed by atoms with Gasteiger partial charge in [0.1, 0.15) is 12.0 Å². The maximum absolute atomic E-state index is 12.8. The number of hydrogen-bond acceptors (Lipinski definition) is 8. The molecule has 2 aliphatic rings. The fourth-order valence-corrected chi connectivity index (χ4v) is 6.13. The highest BCUT2D eigenvalue weighted by molar-refractivity contribution is 8.00. The summed E-state index contributed by atoms with van der Waals surface area (Å²) in [6, 6.07) is 11.7. The van der Waals surface area contributed by atoms with Gasteiger partial charge in [0.2, 0.25) is 5.88 Å². The molecule has 1 saturated heterocycles. The second-order valence-corrected chi connectivity index (χ2v) is 10.5. The molecule has 2 aliphatic heterocycles. The fraction of sp³-hybridized carbons (Fsp3) is 0.280. The van der Waals surface area contributed by atoms with Gasteiger partial charge in [-0.15, -0.1) is 11.3 Å². The van der Waals surface area contributed by atoms with Crippen molar-refractivity contribution >= 4 is 53.6 Å². The average Bonchev–Trinajstić information content (AvgIpc) is 3.51. The van der Waals surface area contributed by atoms with E-state index in [2.05, 4.69) is 42.7 Å². The molecule has 2 aromatic heterocycles. The molecule has 0 radical (unpaired) electrons. The number of rotatable bonds is 3. The van der Waals surface area contributed by atoms with E-state index >= 15 is 0 Å². The van der Waals surface area contributed by atoms with E-state index < -0.39 is 0 Å². The summed E-state index contributed by atoms with van der Waals surface area (Å²) in [7, 11) is 1.60. The number of amides is 1. The molecule has 180 valence electrons. The summed E-state index contributed by atoms with van der Waals surface area (Å²) in [4.78, 5) is 31.2. The number of nitrogens with one attached hydrogen (secondary N) is 2. The number of carbonyl (C=O) groups is 1. The lowest BCUT2D eigenvalue weighted by molar-refractivity contribution is 0.0947. The minimum Gasteiger partial charge on any atom is -0.480 e. The molecule has 1 amide bonds. The van der Waals surface area contributed by atoms with Crippen molar-refractivity contribution in [2.75, 3.05) is 31.5 Å². The maximum Gasteiger partial charge on any atom is 0.251 e. The van der Waals surface area contributed by atoms with Crippen molar-refractivity contribution in [2.45, 2.75) is 17.9 Å². The molecule has 1 unspecified atom stereocenters. The Morgan fingerprint density at radius 3 is 3.06 bits per heavy atom. The van der Waals surface area contributed by atoms with Gasteiger partial charge in [0.25, 0.3) is 5.91 Å². The van der Waals surface area contributed by atoms with Gasteiger partial charge in [0, 0.05) is 51.6 Å². The van der Waals surface area contributed by atoms with Crippen molar-refractivity contribution in [2.24, 2.45) is 15.9 Å². The van der Waals surface area contributed by atoms with Crippen LogP contribution in [-0.2, 0) is 6.54 Å². The van der Waals surface area contributed by atoms with Crippen LogP contribution < -0.4 is 14.8 Å². The third kappa shape index (κ3) is 5.39. The number of aromatic nitrogens is 1. The summed E-state index contributed by atoms with van der Waals surface area (Å²) in [5.41, 5.74) is 3.26. The van der Waals surface area contributed by atoms with Gasteiger partial charge in [-0.3, -0.25) is 14.7 Å². The Labute approximate surface area is 212 Å². The smallest absolute Gasteiger partial charge is 0.251 e. The normalized spacial score (nSPS) is 20.0. The summed E-state index contributed by atoms with van der Waals surface area (Å²) in [5, 5.41) is 3.12. The molecular weight excluding hydrogens is 480 g/mol. The van der Waals surface area contributed by atoms with Gasteiger partial charge < -0.3 is 14.8 Å². The fourth-order valence-electron chi connectivity index (χ4n) is 4.29. The zero-order valence-corrected chi connectivity index (χ0v) is 21.0. The molecule has 3 aromatic rings. The topological polar surface area (TPSA) is 91.2 Å². The molecule has 8 bridgehead atoms. The predicted molar refractivity (Wildman–Crippen MR) is 143 cm³/mol. The number of aliphatic imine (C=N–C) groups is 2. The zero-order chi connectivity index (χ0) is 24.2. The molecule has 0 saturated carbocycles. The number of nitrogens with zero attached hydrogens (tertiary/aromatic N) is 4. The number of ether oxygens (including phenoxy) is 1. The van der Waals surface area contributed by atoms with Crippen LogP contribution >= 0.6 is 23.3 Å². The second kappa shape index (κ2) is 10.6. The van der Waals surface area contributed by atoms with E-state index in [1.807, 2.05) is 36.5 Å². The summed E-state index contributed by atoms with van der Waals surface area (Å²) >= 11 is 3.12. The Kier molecular flexibility index (Phi) is 7.12. The van der Waals surface area contributed by atoms with Crippen LogP contribution in [0, 0.1) is 5.92 Å². The lowest BCUT2D eigenvalue weighted by Crippen LogP contribution is -2.30. The van der Waals surface area contributed by atoms with E-state index in [1.54, 1.807) is 18.4 Å². The molecular formula is C25H26N6O2S2. The lowest BCUT2D eigenvalue weighted by atomic mass is 10.1. The Hall–Kier alpha value is -3.21. The van der Waals surface area contributed by atoms with Crippen LogP contribution in [0.4, 0.5) is 11.4 Å². The van der Waals surface area contributed by atoms with Crippen molar-refractivity contribution in [1.29, 1.82) is 0 Å². The first-order valence-electron chi connectivity index (χ1n) is 11.3. The van der Waals surface area contributed by atoms with Crippen molar-refractivity contribution < 1.29 is 9.53 Å². The molecule has 2 N–H and O–H groups in total. The maximum atomic E-state index is 12.8. The minimum atomic E-state index is -0.0512. The van der Waals surface area contributed by atoms with Crippen LogP contribution in [0.25, 0.3) is 10.4 Å². The van der Waals surface area contributed by atoms with Gasteiger partial charge in [0.05, 0.1) is 12.8 Å². The van der Waals surface area contributed by atoms with Crippen LogP contribution in [0.1, 0.15) is 21.7 Å². The van der Waals surface area contributed by atoms with Gasteiger partial charge in [-0.25, -0.2) is 9.98 Å². The first kappa shape index (κ1) is 23.5. The molecule has 1 aromatic carbocycles. The molecule has 10 heteroatoms. The first-order chi connectivity index (χ1) is 17.1. The number of hydrogen-bond donors (Lipinski definition) is 2. The Bertz CT molecular complexity index is 1270. The average molecular weight is 507 g/mol. The predicted octanol–water partition coefficient (Wildman–Crippen LogP) is 4.86. The SMILES string of the molecule is C=N/C=N\c1cc2sc1CN1CC[C@H](CNC(=O)c3cccc(c3)SNc3cc-2cnc3OC)C1. The number of benzene rings is 1. The third-order valence-corrected chi connectivity index (χ3v) is 8.03. The van der Waals surface area contributed by atoms with Gasteiger partial charge in [0.15, 0.2) is 0 Å². The van der Waals surface area contributed by atoms with Crippen LogP contribution in [-0.4, -0.2) is 55.6 Å². The standard InChI is InChI=1S/C25H26N6O2S2/c1-26-15-29-20-10-22-18-9-21(25(33-2)28-12-18)30-35-19-5-3-4-17(8-19)24(32)27-11-16-6-7-31(13-16)14-23(20)34-22/h3-5,8-10,12,15-16,30H,1,6-7,11,13-14H2,2H3,(H,27,32)/b29-15-/t16-/m1/s1. The zero-order valence-electron chi connectivity index (χ0n) is 19.4. The van der Waals surface area contributed by atoms with E-state index in [-0.39, 0.29) is 5.91 Å². The van der Waals surface area contributed by atoms with E-state index in [1.165, 1.54) is 23.2 Å². The number of anilines is 1. The number of fused-ring (bicyclic) bond motifs is 9. The summed E-state index contributed by atoms with van der Waals surface area (Å²) < 4.78 is 8.83. The van der Waals surface area contributed by atoms with E-state index in [9.17, 15) is 4.79 Å². The molecule has 0 spiro atoms. The summed E-state index contributed by atoms with van der Waals surface area (Å²) in [5.74, 6) is 0.870. The van der Waals surface area contributed by atoms with Crippen molar-refractivity contribution in [3.05, 3.63) is 53.0 Å². The number of methoxy groups -OCH3 is 1. The molecule has 1 fully saturated rings.